The fourth-order valence-corrected chi connectivity index (χ4v) is 1.66. The van der Waals surface area contributed by atoms with Crippen molar-refractivity contribution in [2.45, 2.75) is 20.4 Å². The Morgan fingerprint density at radius 2 is 2.11 bits per heavy atom. The molecule has 0 fully saturated rings. The molecule has 0 radical (unpaired) electrons. The minimum absolute atomic E-state index is 0. The summed E-state index contributed by atoms with van der Waals surface area (Å²) in [5.74, 6) is 3.66. The molecule has 0 aliphatic carbocycles. The minimum atomic E-state index is 0. The van der Waals surface area contributed by atoms with Crippen LogP contribution in [0.4, 0.5) is 0 Å². The lowest BCUT2D eigenvalue weighted by Crippen LogP contribution is -2.38. The third-order valence-electron chi connectivity index (χ3n) is 2.50. The van der Waals surface area contributed by atoms with Gasteiger partial charge in [0.25, 0.3) is 0 Å². The molecule has 1 aromatic rings. The summed E-state index contributed by atoms with van der Waals surface area (Å²) in [4.78, 5) is 4.49. The highest BCUT2D eigenvalue weighted by Crippen LogP contribution is 1.98. The van der Waals surface area contributed by atoms with Crippen molar-refractivity contribution in [2.24, 2.45) is 12.0 Å². The van der Waals surface area contributed by atoms with Crippen molar-refractivity contribution in [3.8, 4) is 0 Å². The van der Waals surface area contributed by atoms with Gasteiger partial charge in [-0.3, -0.25) is 0 Å². The Labute approximate surface area is 136 Å². The van der Waals surface area contributed by atoms with Crippen molar-refractivity contribution < 1.29 is 0 Å². The summed E-state index contributed by atoms with van der Waals surface area (Å²) in [6, 6.07) is 0. The molecular formula is C11H23IN6S. The number of hydrogen-bond acceptors (Lipinski definition) is 4. The van der Waals surface area contributed by atoms with Crippen LogP contribution in [0.25, 0.3) is 0 Å². The van der Waals surface area contributed by atoms with E-state index in [4.69, 9.17) is 0 Å². The van der Waals surface area contributed by atoms with E-state index >= 15 is 0 Å². The first-order chi connectivity index (χ1) is 8.69. The van der Waals surface area contributed by atoms with Crippen LogP contribution in [0.15, 0.2) is 4.99 Å². The van der Waals surface area contributed by atoms with E-state index in [1.165, 1.54) is 0 Å². The molecule has 19 heavy (non-hydrogen) atoms. The van der Waals surface area contributed by atoms with E-state index < -0.39 is 0 Å². The summed E-state index contributed by atoms with van der Waals surface area (Å²) >= 11 is 1.81. The average molecular weight is 398 g/mol. The van der Waals surface area contributed by atoms with E-state index in [1.807, 2.05) is 30.3 Å². The Morgan fingerprint density at radius 3 is 2.63 bits per heavy atom. The molecule has 6 nitrogen and oxygen atoms in total. The van der Waals surface area contributed by atoms with Gasteiger partial charge < -0.3 is 15.2 Å². The van der Waals surface area contributed by atoms with Crippen molar-refractivity contribution in [3.63, 3.8) is 0 Å². The molecule has 2 N–H and O–H groups in total. The molecule has 0 bridgehead atoms. The predicted molar refractivity (Wildman–Crippen MR) is 92.4 cm³/mol. The summed E-state index contributed by atoms with van der Waals surface area (Å²) < 4.78 is 1.95. The number of nitrogens with zero attached hydrogens (tertiary/aromatic N) is 4. The Morgan fingerprint density at radius 1 is 1.37 bits per heavy atom. The standard InChI is InChI=1S/C11H22N6S.HI/c1-5-12-11(13-6-7-18-4)14-8-10-16-15-9(2)17(10)3;/h5-8H2,1-4H3,(H2,12,13,14);1H. The van der Waals surface area contributed by atoms with Crippen LogP contribution < -0.4 is 10.6 Å². The molecule has 0 aliphatic heterocycles. The van der Waals surface area contributed by atoms with Crippen LogP contribution in [0.3, 0.4) is 0 Å². The van der Waals surface area contributed by atoms with E-state index in [0.717, 1.165) is 36.5 Å². The van der Waals surface area contributed by atoms with Crippen LogP contribution >= 0.6 is 35.7 Å². The first kappa shape index (κ1) is 18.5. The van der Waals surface area contributed by atoms with Gasteiger partial charge in [0.1, 0.15) is 12.4 Å². The fourth-order valence-electron chi connectivity index (χ4n) is 1.35. The molecule has 110 valence electrons. The molecule has 1 rings (SSSR count). The first-order valence-electron chi connectivity index (χ1n) is 6.05. The molecule has 0 saturated heterocycles. The molecule has 0 aliphatic rings. The van der Waals surface area contributed by atoms with Crippen molar-refractivity contribution >= 4 is 41.7 Å². The van der Waals surface area contributed by atoms with E-state index in [9.17, 15) is 0 Å². The van der Waals surface area contributed by atoms with Gasteiger partial charge in [-0.25, -0.2) is 4.99 Å². The molecule has 0 aromatic carbocycles. The number of hydrogen-bond donors (Lipinski definition) is 2. The van der Waals surface area contributed by atoms with Gasteiger partial charge >= 0.3 is 0 Å². The topological polar surface area (TPSA) is 67.1 Å². The van der Waals surface area contributed by atoms with Gasteiger partial charge in [-0.2, -0.15) is 11.8 Å². The number of thioether (sulfide) groups is 1. The van der Waals surface area contributed by atoms with Gasteiger partial charge in [0.15, 0.2) is 11.8 Å². The highest BCUT2D eigenvalue weighted by atomic mass is 127. The third kappa shape index (κ3) is 6.46. The second-order valence-electron chi connectivity index (χ2n) is 3.84. The second kappa shape index (κ2) is 10.3. The van der Waals surface area contributed by atoms with Crippen LogP contribution in [0.1, 0.15) is 18.6 Å². The normalized spacial score (nSPS) is 11.1. The SMILES string of the molecule is CCNC(=NCc1nnc(C)n1C)NCCSC.I. The van der Waals surface area contributed by atoms with Crippen molar-refractivity contribution in [1.82, 2.24) is 25.4 Å². The molecule has 0 atom stereocenters. The Bertz CT molecular complexity index is 393. The molecule has 1 aromatic heterocycles. The number of aryl methyl sites for hydroxylation is 1. The van der Waals surface area contributed by atoms with E-state index in [-0.39, 0.29) is 24.0 Å². The fraction of sp³-hybridized carbons (Fsp3) is 0.727. The zero-order chi connectivity index (χ0) is 13.4. The maximum Gasteiger partial charge on any atom is 0.191 e. The van der Waals surface area contributed by atoms with Gasteiger partial charge in [0.2, 0.25) is 0 Å². The number of guanidine groups is 1. The number of aromatic nitrogens is 3. The minimum Gasteiger partial charge on any atom is -0.357 e. The van der Waals surface area contributed by atoms with E-state index in [0.29, 0.717) is 6.54 Å². The molecule has 0 saturated carbocycles. The van der Waals surface area contributed by atoms with Crippen molar-refractivity contribution in [3.05, 3.63) is 11.6 Å². The lowest BCUT2D eigenvalue weighted by molar-refractivity contribution is 0.760. The van der Waals surface area contributed by atoms with Gasteiger partial charge in [0.05, 0.1) is 0 Å². The molecule has 0 unspecified atom stereocenters. The quantitative estimate of drug-likeness (QED) is 0.326. The Kier molecular flexibility index (Phi) is 10.0. The number of aliphatic imine (C=N–C) groups is 1. The Hall–Kier alpha value is -0.510. The monoisotopic (exact) mass is 398 g/mol. The second-order valence-corrected chi connectivity index (χ2v) is 4.82. The molecule has 0 spiro atoms. The number of nitrogens with one attached hydrogen (secondary N) is 2. The van der Waals surface area contributed by atoms with Crippen molar-refractivity contribution in [1.29, 1.82) is 0 Å². The zero-order valence-corrected chi connectivity index (χ0v) is 15.1. The molecule has 0 amide bonds. The van der Waals surface area contributed by atoms with Gasteiger partial charge in [0, 0.05) is 25.9 Å². The summed E-state index contributed by atoms with van der Waals surface area (Å²) in [7, 11) is 1.95. The zero-order valence-electron chi connectivity index (χ0n) is 11.9. The number of halogens is 1. The van der Waals surface area contributed by atoms with Crippen molar-refractivity contribution in [2.75, 3.05) is 25.1 Å². The van der Waals surface area contributed by atoms with Gasteiger partial charge in [-0.1, -0.05) is 0 Å². The van der Waals surface area contributed by atoms with Crippen LogP contribution in [-0.4, -0.2) is 45.8 Å². The highest BCUT2D eigenvalue weighted by molar-refractivity contribution is 14.0. The lowest BCUT2D eigenvalue weighted by Gasteiger charge is -2.10. The molecule has 8 heteroatoms. The van der Waals surface area contributed by atoms with Crippen LogP contribution in [-0.2, 0) is 13.6 Å². The lowest BCUT2D eigenvalue weighted by atomic mass is 10.5. The third-order valence-corrected chi connectivity index (χ3v) is 3.12. The largest absolute Gasteiger partial charge is 0.357 e. The first-order valence-corrected chi connectivity index (χ1v) is 7.44. The van der Waals surface area contributed by atoms with Crippen LogP contribution in [0.5, 0.6) is 0 Å². The molecular weight excluding hydrogens is 375 g/mol. The summed E-state index contributed by atoms with van der Waals surface area (Å²) in [6.07, 6.45) is 2.09. The van der Waals surface area contributed by atoms with E-state index in [2.05, 4.69) is 39.0 Å². The smallest absolute Gasteiger partial charge is 0.191 e. The number of rotatable bonds is 6. The average Bonchev–Trinajstić information content (AvgIpc) is 2.67. The highest BCUT2D eigenvalue weighted by Gasteiger charge is 2.04. The predicted octanol–water partition coefficient (Wildman–Crippen LogP) is 1.16. The maximum absolute atomic E-state index is 4.49. The van der Waals surface area contributed by atoms with Gasteiger partial charge in [-0.15, -0.1) is 34.2 Å². The summed E-state index contributed by atoms with van der Waals surface area (Å²) in [5.41, 5.74) is 0. The molecule has 1 heterocycles. The maximum atomic E-state index is 4.49. The summed E-state index contributed by atoms with van der Waals surface area (Å²) in [5, 5.41) is 14.6. The van der Waals surface area contributed by atoms with Crippen LogP contribution in [0.2, 0.25) is 0 Å². The van der Waals surface area contributed by atoms with E-state index in [1.54, 1.807) is 0 Å². The Balaban J connectivity index is 0.00000324. The summed E-state index contributed by atoms with van der Waals surface area (Å²) in [6.45, 7) is 6.28. The van der Waals surface area contributed by atoms with Gasteiger partial charge in [-0.05, 0) is 20.1 Å². The van der Waals surface area contributed by atoms with Crippen LogP contribution in [0, 0.1) is 6.92 Å².